The quantitative estimate of drug-likeness (QED) is 0.678. The standard InChI is InChI=1S/C24H26FN3O2/c1-16-3-6-19(7-4-16)27-24(29)15-28-11-9-20(10-12-28)30-23-13-17(2)26-22-8-5-18(25)14-21(22)23/h3-8,13-14,20H,9-12,15H2,1-2H3,(H,27,29). The summed E-state index contributed by atoms with van der Waals surface area (Å²) < 4.78 is 19.9. The molecule has 1 aromatic heterocycles. The molecule has 1 aliphatic heterocycles. The lowest BCUT2D eigenvalue weighted by atomic mass is 10.1. The Hall–Kier alpha value is -2.99. The molecule has 1 amide bonds. The van der Waals surface area contributed by atoms with Crippen LogP contribution in [-0.4, -0.2) is 41.5 Å². The van der Waals surface area contributed by atoms with Gasteiger partial charge in [0.2, 0.25) is 5.91 Å². The van der Waals surface area contributed by atoms with Crippen LogP contribution in [0.4, 0.5) is 10.1 Å². The molecule has 30 heavy (non-hydrogen) atoms. The van der Waals surface area contributed by atoms with E-state index in [4.69, 9.17) is 4.74 Å². The van der Waals surface area contributed by atoms with Crippen LogP contribution in [0.5, 0.6) is 5.75 Å². The van der Waals surface area contributed by atoms with Gasteiger partial charge in [-0.15, -0.1) is 0 Å². The molecule has 0 aliphatic carbocycles. The fourth-order valence-corrected chi connectivity index (χ4v) is 3.80. The predicted octanol–water partition coefficient (Wildman–Crippen LogP) is 4.47. The number of amides is 1. The summed E-state index contributed by atoms with van der Waals surface area (Å²) in [6.07, 6.45) is 1.67. The van der Waals surface area contributed by atoms with Crippen LogP contribution < -0.4 is 10.1 Å². The number of aryl methyl sites for hydroxylation is 2. The highest BCUT2D eigenvalue weighted by atomic mass is 19.1. The van der Waals surface area contributed by atoms with Gasteiger partial charge in [0.05, 0.1) is 12.1 Å². The van der Waals surface area contributed by atoms with Gasteiger partial charge in [-0.05, 0) is 57.0 Å². The molecule has 1 N–H and O–H groups in total. The molecule has 2 aromatic carbocycles. The predicted molar refractivity (Wildman–Crippen MR) is 116 cm³/mol. The van der Waals surface area contributed by atoms with Crippen molar-refractivity contribution in [3.8, 4) is 5.75 Å². The topological polar surface area (TPSA) is 54.5 Å². The Kier molecular flexibility index (Phi) is 5.95. The number of halogens is 1. The van der Waals surface area contributed by atoms with E-state index in [0.29, 0.717) is 17.7 Å². The SMILES string of the molecule is Cc1ccc(NC(=O)CN2CCC(Oc3cc(C)nc4ccc(F)cc34)CC2)cc1. The number of nitrogens with one attached hydrogen (secondary N) is 1. The molecule has 3 aromatic rings. The number of likely N-dealkylation sites (tertiary alicyclic amines) is 1. The first kappa shape index (κ1) is 20.3. The number of carbonyl (C=O) groups is 1. The van der Waals surface area contributed by atoms with Crippen molar-refractivity contribution in [3.05, 3.63) is 65.6 Å². The number of fused-ring (bicyclic) bond motifs is 1. The van der Waals surface area contributed by atoms with Crippen LogP contribution in [0.2, 0.25) is 0 Å². The van der Waals surface area contributed by atoms with Crippen LogP contribution in [0.25, 0.3) is 10.9 Å². The lowest BCUT2D eigenvalue weighted by Gasteiger charge is -2.32. The highest BCUT2D eigenvalue weighted by Crippen LogP contribution is 2.29. The Morgan fingerprint density at radius 1 is 1.13 bits per heavy atom. The number of benzene rings is 2. The molecule has 4 rings (SSSR count). The summed E-state index contributed by atoms with van der Waals surface area (Å²) in [5, 5.41) is 3.64. The second kappa shape index (κ2) is 8.79. The summed E-state index contributed by atoms with van der Waals surface area (Å²) in [4.78, 5) is 18.9. The van der Waals surface area contributed by atoms with E-state index >= 15 is 0 Å². The second-order valence-corrected chi connectivity index (χ2v) is 7.93. The number of rotatable bonds is 5. The summed E-state index contributed by atoms with van der Waals surface area (Å²) in [6.45, 7) is 5.85. The third-order valence-corrected chi connectivity index (χ3v) is 5.39. The largest absolute Gasteiger partial charge is 0.490 e. The number of hydrogen-bond donors (Lipinski definition) is 1. The minimum atomic E-state index is -0.299. The fourth-order valence-electron chi connectivity index (χ4n) is 3.80. The number of pyridine rings is 1. The van der Waals surface area contributed by atoms with Crippen LogP contribution in [0, 0.1) is 19.7 Å². The Balaban J connectivity index is 1.33. The maximum Gasteiger partial charge on any atom is 0.238 e. The molecule has 6 heteroatoms. The molecule has 5 nitrogen and oxygen atoms in total. The zero-order valence-corrected chi connectivity index (χ0v) is 17.3. The highest BCUT2D eigenvalue weighted by molar-refractivity contribution is 5.92. The van der Waals surface area contributed by atoms with E-state index in [-0.39, 0.29) is 17.8 Å². The molecule has 0 unspecified atom stereocenters. The maximum atomic E-state index is 13.7. The number of ether oxygens (including phenoxy) is 1. The molecule has 156 valence electrons. The Morgan fingerprint density at radius 2 is 1.87 bits per heavy atom. The Morgan fingerprint density at radius 3 is 2.60 bits per heavy atom. The number of piperidine rings is 1. The molecule has 2 heterocycles. The minimum Gasteiger partial charge on any atom is -0.490 e. The van der Waals surface area contributed by atoms with E-state index in [0.717, 1.165) is 48.4 Å². The van der Waals surface area contributed by atoms with Crippen molar-refractivity contribution in [3.63, 3.8) is 0 Å². The van der Waals surface area contributed by atoms with Gasteiger partial charge < -0.3 is 10.1 Å². The molecule has 0 spiro atoms. The Labute approximate surface area is 175 Å². The monoisotopic (exact) mass is 407 g/mol. The maximum absolute atomic E-state index is 13.7. The first-order chi connectivity index (χ1) is 14.5. The molecular weight excluding hydrogens is 381 g/mol. The summed E-state index contributed by atoms with van der Waals surface area (Å²) in [5.41, 5.74) is 3.55. The average Bonchev–Trinajstić information content (AvgIpc) is 2.71. The third kappa shape index (κ3) is 4.94. The van der Waals surface area contributed by atoms with Crippen molar-refractivity contribution < 1.29 is 13.9 Å². The smallest absolute Gasteiger partial charge is 0.238 e. The van der Waals surface area contributed by atoms with Gasteiger partial charge in [-0.25, -0.2) is 4.39 Å². The number of anilines is 1. The van der Waals surface area contributed by atoms with Gasteiger partial charge in [0, 0.05) is 35.9 Å². The Bertz CT molecular complexity index is 1040. The molecule has 1 fully saturated rings. The summed E-state index contributed by atoms with van der Waals surface area (Å²) >= 11 is 0. The number of aromatic nitrogens is 1. The molecule has 0 saturated carbocycles. The molecule has 0 radical (unpaired) electrons. The van der Waals surface area contributed by atoms with Crippen LogP contribution in [0.3, 0.4) is 0 Å². The zero-order chi connectivity index (χ0) is 21.1. The van der Waals surface area contributed by atoms with E-state index in [9.17, 15) is 9.18 Å². The van der Waals surface area contributed by atoms with Crippen molar-refractivity contribution in [1.29, 1.82) is 0 Å². The van der Waals surface area contributed by atoms with Crippen LogP contribution in [0.15, 0.2) is 48.5 Å². The van der Waals surface area contributed by atoms with Gasteiger partial charge >= 0.3 is 0 Å². The third-order valence-electron chi connectivity index (χ3n) is 5.39. The molecule has 1 aliphatic rings. The minimum absolute atomic E-state index is 0.00977. The van der Waals surface area contributed by atoms with Crippen LogP contribution in [0.1, 0.15) is 24.1 Å². The number of carbonyl (C=O) groups excluding carboxylic acids is 1. The van der Waals surface area contributed by atoms with E-state index in [1.54, 1.807) is 6.07 Å². The van der Waals surface area contributed by atoms with Crippen molar-refractivity contribution in [2.75, 3.05) is 25.0 Å². The average molecular weight is 407 g/mol. The normalized spacial score (nSPS) is 15.3. The van der Waals surface area contributed by atoms with E-state index < -0.39 is 0 Å². The molecule has 0 bridgehead atoms. The zero-order valence-electron chi connectivity index (χ0n) is 17.3. The van der Waals surface area contributed by atoms with Gasteiger partial charge in [0.15, 0.2) is 0 Å². The van der Waals surface area contributed by atoms with Crippen molar-refractivity contribution in [1.82, 2.24) is 9.88 Å². The van der Waals surface area contributed by atoms with E-state index in [1.807, 2.05) is 44.2 Å². The van der Waals surface area contributed by atoms with Gasteiger partial charge in [-0.3, -0.25) is 14.7 Å². The number of nitrogens with zero attached hydrogens (tertiary/aromatic N) is 2. The van der Waals surface area contributed by atoms with E-state index in [2.05, 4.69) is 15.2 Å². The highest BCUT2D eigenvalue weighted by Gasteiger charge is 2.23. The number of hydrogen-bond acceptors (Lipinski definition) is 4. The van der Waals surface area contributed by atoms with Gasteiger partial charge in [0.1, 0.15) is 17.7 Å². The fraction of sp³-hybridized carbons (Fsp3) is 0.333. The second-order valence-electron chi connectivity index (χ2n) is 7.93. The van der Waals surface area contributed by atoms with Gasteiger partial charge in [-0.2, -0.15) is 0 Å². The van der Waals surface area contributed by atoms with Crippen LogP contribution in [-0.2, 0) is 4.79 Å². The first-order valence-corrected chi connectivity index (χ1v) is 10.3. The first-order valence-electron chi connectivity index (χ1n) is 10.3. The van der Waals surface area contributed by atoms with E-state index in [1.165, 1.54) is 12.1 Å². The lowest BCUT2D eigenvalue weighted by molar-refractivity contribution is -0.117. The molecule has 0 atom stereocenters. The van der Waals surface area contributed by atoms with Crippen molar-refractivity contribution in [2.24, 2.45) is 0 Å². The van der Waals surface area contributed by atoms with Crippen molar-refractivity contribution >= 4 is 22.5 Å². The molecular formula is C24H26FN3O2. The van der Waals surface area contributed by atoms with Gasteiger partial charge in [-0.1, -0.05) is 17.7 Å². The van der Waals surface area contributed by atoms with Crippen LogP contribution >= 0.6 is 0 Å². The van der Waals surface area contributed by atoms with Crippen molar-refractivity contribution in [2.45, 2.75) is 32.8 Å². The summed E-state index contributed by atoms with van der Waals surface area (Å²) in [5.74, 6) is 0.365. The lowest BCUT2D eigenvalue weighted by Crippen LogP contribution is -2.42. The van der Waals surface area contributed by atoms with Gasteiger partial charge in [0.25, 0.3) is 0 Å². The molecule has 1 saturated heterocycles. The summed E-state index contributed by atoms with van der Waals surface area (Å²) in [7, 11) is 0. The summed E-state index contributed by atoms with van der Waals surface area (Å²) in [6, 6.07) is 14.2.